The molecule has 3 nitrogen and oxygen atoms in total. The third kappa shape index (κ3) is 3.09. The monoisotopic (exact) mass is 322 g/mol. The zero-order valence-corrected chi connectivity index (χ0v) is 13.6. The maximum Gasteiger partial charge on any atom is 0.127 e. The van der Waals surface area contributed by atoms with Crippen molar-refractivity contribution in [1.29, 1.82) is 0 Å². The van der Waals surface area contributed by atoms with E-state index in [2.05, 4.69) is 46.6 Å². The van der Waals surface area contributed by atoms with Crippen LogP contribution < -0.4 is 0 Å². The van der Waals surface area contributed by atoms with Crippen LogP contribution in [0.5, 0.6) is 0 Å². The first kappa shape index (κ1) is 14.7. The third-order valence-corrected chi connectivity index (χ3v) is 5.24. The molecule has 1 saturated heterocycles. The molecule has 0 amide bonds. The fraction of sp³-hybridized carbons (Fsp3) is 0.263. The molecule has 0 bridgehead atoms. The van der Waals surface area contributed by atoms with Crippen LogP contribution in [0.4, 0.5) is 0 Å². The van der Waals surface area contributed by atoms with Crippen molar-refractivity contribution in [3.05, 3.63) is 54.6 Å². The Morgan fingerprint density at radius 2 is 1.74 bits per heavy atom. The number of aromatic nitrogens is 2. The zero-order valence-electron chi connectivity index (χ0n) is 12.8. The van der Waals surface area contributed by atoms with Crippen LogP contribution in [-0.4, -0.2) is 28.7 Å². The van der Waals surface area contributed by atoms with Crippen LogP contribution in [0.15, 0.2) is 59.6 Å². The number of fused-ring (bicyclic) bond motifs is 1. The number of nitrogens with zero attached hydrogens (tertiary/aromatic N) is 2. The summed E-state index contributed by atoms with van der Waals surface area (Å²) in [6.07, 6.45) is 2.68. The highest BCUT2D eigenvalue weighted by Crippen LogP contribution is 2.32. The Kier molecular flexibility index (Phi) is 4.26. The van der Waals surface area contributed by atoms with Gasteiger partial charge in [0.25, 0.3) is 0 Å². The molecule has 1 aromatic heterocycles. The van der Waals surface area contributed by atoms with E-state index >= 15 is 0 Å². The van der Waals surface area contributed by atoms with E-state index in [1.165, 1.54) is 11.8 Å². The first-order valence-electron chi connectivity index (χ1n) is 7.97. The fourth-order valence-corrected chi connectivity index (χ4v) is 3.98. The maximum absolute atomic E-state index is 5.71. The molecular formula is C19H18N2OS. The van der Waals surface area contributed by atoms with Crippen molar-refractivity contribution in [2.45, 2.75) is 24.0 Å². The zero-order chi connectivity index (χ0) is 15.5. The Morgan fingerprint density at radius 3 is 2.52 bits per heavy atom. The molecule has 3 aromatic rings. The van der Waals surface area contributed by atoms with Gasteiger partial charge in [0.2, 0.25) is 0 Å². The van der Waals surface area contributed by atoms with Gasteiger partial charge in [0, 0.05) is 28.7 Å². The van der Waals surface area contributed by atoms with Crippen molar-refractivity contribution in [1.82, 2.24) is 10.2 Å². The van der Waals surface area contributed by atoms with E-state index in [4.69, 9.17) is 4.74 Å². The van der Waals surface area contributed by atoms with Gasteiger partial charge in [0.1, 0.15) is 10.7 Å². The summed E-state index contributed by atoms with van der Waals surface area (Å²) in [6.45, 7) is 0.893. The smallest absolute Gasteiger partial charge is 0.127 e. The van der Waals surface area contributed by atoms with Crippen LogP contribution >= 0.6 is 11.8 Å². The van der Waals surface area contributed by atoms with Crippen LogP contribution in [0.1, 0.15) is 12.8 Å². The van der Waals surface area contributed by atoms with E-state index < -0.39 is 0 Å². The van der Waals surface area contributed by atoms with E-state index in [1.54, 1.807) is 11.8 Å². The SMILES string of the molecule is c1ccc(-c2nnc(SC[C@@H]3CCCO3)c3ccccc23)cc1. The molecule has 0 spiro atoms. The molecule has 2 aromatic carbocycles. The van der Waals surface area contributed by atoms with Crippen LogP contribution in [0, 0.1) is 0 Å². The largest absolute Gasteiger partial charge is 0.377 e. The Labute approximate surface area is 140 Å². The standard InChI is InChI=1S/C19H18N2OS/c1-2-7-14(8-3-1)18-16-10-4-5-11-17(16)19(21-20-18)23-13-15-9-6-12-22-15/h1-5,7-8,10-11,15H,6,9,12-13H2/t15-/m0/s1. The van der Waals surface area contributed by atoms with Crippen molar-refractivity contribution in [2.24, 2.45) is 0 Å². The van der Waals surface area contributed by atoms with E-state index in [0.29, 0.717) is 6.10 Å². The number of thioether (sulfide) groups is 1. The Bertz CT molecular complexity index is 801. The van der Waals surface area contributed by atoms with Gasteiger partial charge in [-0.25, -0.2) is 0 Å². The minimum absolute atomic E-state index is 0.356. The van der Waals surface area contributed by atoms with Crippen molar-refractivity contribution >= 4 is 22.5 Å². The topological polar surface area (TPSA) is 35.0 Å². The molecule has 23 heavy (non-hydrogen) atoms. The Hall–Kier alpha value is -1.91. The molecule has 1 atom stereocenters. The molecule has 1 fully saturated rings. The molecular weight excluding hydrogens is 304 g/mol. The minimum atomic E-state index is 0.356. The molecule has 0 N–H and O–H groups in total. The summed E-state index contributed by atoms with van der Waals surface area (Å²) >= 11 is 1.75. The van der Waals surface area contributed by atoms with Gasteiger partial charge in [-0.15, -0.1) is 22.0 Å². The molecule has 0 saturated carbocycles. The van der Waals surface area contributed by atoms with Gasteiger partial charge in [-0.05, 0) is 12.8 Å². The predicted molar refractivity (Wildman–Crippen MR) is 94.7 cm³/mol. The highest BCUT2D eigenvalue weighted by atomic mass is 32.2. The summed E-state index contributed by atoms with van der Waals surface area (Å²) in [5.41, 5.74) is 2.05. The quantitative estimate of drug-likeness (QED) is 0.659. The lowest BCUT2D eigenvalue weighted by Gasteiger charge is -2.11. The van der Waals surface area contributed by atoms with Crippen molar-refractivity contribution in [3.63, 3.8) is 0 Å². The van der Waals surface area contributed by atoms with Crippen LogP contribution in [-0.2, 0) is 4.74 Å². The molecule has 0 aliphatic carbocycles. The van der Waals surface area contributed by atoms with Crippen molar-refractivity contribution in [3.8, 4) is 11.3 Å². The Morgan fingerprint density at radius 1 is 0.957 bits per heavy atom. The first-order valence-corrected chi connectivity index (χ1v) is 8.95. The highest BCUT2D eigenvalue weighted by molar-refractivity contribution is 7.99. The molecule has 1 aliphatic rings. The highest BCUT2D eigenvalue weighted by Gasteiger charge is 2.17. The van der Waals surface area contributed by atoms with Gasteiger partial charge in [-0.1, -0.05) is 54.6 Å². The number of benzene rings is 2. The molecule has 0 unspecified atom stereocenters. The van der Waals surface area contributed by atoms with E-state index in [9.17, 15) is 0 Å². The average molecular weight is 322 g/mol. The van der Waals surface area contributed by atoms with Gasteiger partial charge >= 0.3 is 0 Å². The first-order chi connectivity index (χ1) is 11.4. The van der Waals surface area contributed by atoms with Gasteiger partial charge in [0.15, 0.2) is 0 Å². The van der Waals surface area contributed by atoms with Crippen LogP contribution in [0.2, 0.25) is 0 Å². The molecule has 0 radical (unpaired) electrons. The van der Waals surface area contributed by atoms with E-state index in [-0.39, 0.29) is 0 Å². The molecule has 2 heterocycles. The third-order valence-electron chi connectivity index (χ3n) is 4.13. The second-order valence-corrected chi connectivity index (χ2v) is 6.72. The van der Waals surface area contributed by atoms with Gasteiger partial charge in [0.05, 0.1) is 6.10 Å². The lowest BCUT2D eigenvalue weighted by Crippen LogP contribution is -2.08. The summed E-state index contributed by atoms with van der Waals surface area (Å²) in [4.78, 5) is 0. The molecule has 116 valence electrons. The second-order valence-electron chi connectivity index (χ2n) is 5.71. The minimum Gasteiger partial charge on any atom is -0.377 e. The lowest BCUT2D eigenvalue weighted by molar-refractivity contribution is 0.129. The maximum atomic E-state index is 5.71. The summed E-state index contributed by atoms with van der Waals surface area (Å²) in [7, 11) is 0. The van der Waals surface area contributed by atoms with Crippen LogP contribution in [0.3, 0.4) is 0 Å². The fourth-order valence-electron chi connectivity index (χ4n) is 2.94. The van der Waals surface area contributed by atoms with Gasteiger partial charge in [-0.3, -0.25) is 0 Å². The summed E-state index contributed by atoms with van der Waals surface area (Å²) in [5, 5.41) is 12.3. The van der Waals surface area contributed by atoms with Crippen molar-refractivity contribution in [2.75, 3.05) is 12.4 Å². The normalized spacial score (nSPS) is 17.7. The second kappa shape index (κ2) is 6.69. The van der Waals surface area contributed by atoms with E-state index in [0.717, 1.165) is 40.5 Å². The molecule has 4 rings (SSSR count). The lowest BCUT2D eigenvalue weighted by atomic mass is 10.1. The summed E-state index contributed by atoms with van der Waals surface area (Å²) in [6, 6.07) is 18.6. The number of ether oxygens (including phenoxy) is 1. The summed E-state index contributed by atoms with van der Waals surface area (Å²) < 4.78 is 5.71. The number of rotatable bonds is 4. The summed E-state index contributed by atoms with van der Waals surface area (Å²) in [5.74, 6) is 0.948. The van der Waals surface area contributed by atoms with Gasteiger partial charge < -0.3 is 4.74 Å². The van der Waals surface area contributed by atoms with E-state index in [1.807, 2.05) is 18.2 Å². The molecule has 4 heteroatoms. The van der Waals surface area contributed by atoms with Crippen molar-refractivity contribution < 1.29 is 4.74 Å². The molecule has 1 aliphatic heterocycles. The number of hydrogen-bond acceptors (Lipinski definition) is 4. The van der Waals surface area contributed by atoms with Crippen LogP contribution in [0.25, 0.3) is 22.0 Å². The van der Waals surface area contributed by atoms with Gasteiger partial charge in [-0.2, -0.15) is 0 Å². The number of hydrogen-bond donors (Lipinski definition) is 0. The average Bonchev–Trinajstić information content (AvgIpc) is 3.14. The predicted octanol–water partition coefficient (Wildman–Crippen LogP) is 4.57. The Balaban J connectivity index is 1.70.